The van der Waals surface area contributed by atoms with Crippen LogP contribution in [-0.2, 0) is 19.6 Å². The lowest BCUT2D eigenvalue weighted by Gasteiger charge is -2.25. The highest BCUT2D eigenvalue weighted by Gasteiger charge is 2.21. The Hall–Kier alpha value is -2.52. The van der Waals surface area contributed by atoms with Gasteiger partial charge in [0.2, 0.25) is 0 Å². The van der Waals surface area contributed by atoms with Crippen molar-refractivity contribution in [2.75, 3.05) is 0 Å². The van der Waals surface area contributed by atoms with Gasteiger partial charge in [0.05, 0.1) is 5.69 Å². The first-order valence-corrected chi connectivity index (χ1v) is 8.71. The van der Waals surface area contributed by atoms with Crippen molar-refractivity contribution < 1.29 is 4.74 Å². The molecule has 0 bridgehead atoms. The van der Waals surface area contributed by atoms with Gasteiger partial charge in [-0.15, -0.1) is 0 Å². The van der Waals surface area contributed by atoms with E-state index in [0.717, 1.165) is 41.1 Å². The minimum absolute atomic E-state index is 0.0199. The average Bonchev–Trinajstić information content (AvgIpc) is 2.64. The number of halogens is 1. The zero-order chi connectivity index (χ0) is 17.4. The van der Waals surface area contributed by atoms with Gasteiger partial charge in [-0.1, -0.05) is 41.9 Å². The molecule has 25 heavy (non-hydrogen) atoms. The molecule has 0 radical (unpaired) electrons. The Morgan fingerprint density at radius 2 is 1.92 bits per heavy atom. The number of ether oxygens (including phenoxy) is 1. The van der Waals surface area contributed by atoms with Crippen molar-refractivity contribution in [2.24, 2.45) is 0 Å². The smallest absolute Gasteiger partial charge is 0.186 e. The number of aromatic nitrogens is 1. The molecule has 0 fully saturated rings. The van der Waals surface area contributed by atoms with E-state index < -0.39 is 0 Å². The lowest BCUT2D eigenvalue weighted by molar-refractivity contribution is 0.306. The second kappa shape index (κ2) is 6.41. The number of rotatable bonds is 3. The lowest BCUT2D eigenvalue weighted by Crippen LogP contribution is -2.20. The topological polar surface area (TPSA) is 31.2 Å². The monoisotopic (exact) mass is 351 g/mol. The maximum atomic E-state index is 12.1. The van der Waals surface area contributed by atoms with Crippen molar-refractivity contribution >= 4 is 11.6 Å². The van der Waals surface area contributed by atoms with Crippen LogP contribution in [0.5, 0.6) is 5.75 Å². The number of fused-ring (bicyclic) bond motifs is 3. The second-order valence-corrected chi connectivity index (χ2v) is 6.69. The third kappa shape index (κ3) is 2.96. The third-order valence-electron chi connectivity index (χ3n) is 4.69. The van der Waals surface area contributed by atoms with E-state index in [0.29, 0.717) is 11.8 Å². The lowest BCUT2D eigenvalue weighted by atomic mass is 9.94. The highest BCUT2D eigenvalue weighted by atomic mass is 35.5. The van der Waals surface area contributed by atoms with Gasteiger partial charge in [0.1, 0.15) is 17.5 Å². The van der Waals surface area contributed by atoms with Crippen LogP contribution in [0.15, 0.2) is 59.4 Å². The molecule has 0 unspecified atom stereocenters. The summed E-state index contributed by atoms with van der Waals surface area (Å²) < 4.78 is 7.95. The predicted octanol–water partition coefficient (Wildman–Crippen LogP) is 4.61. The predicted molar refractivity (Wildman–Crippen MR) is 100 cm³/mol. The van der Waals surface area contributed by atoms with Gasteiger partial charge in [0.25, 0.3) is 0 Å². The molecule has 2 heterocycles. The van der Waals surface area contributed by atoms with Gasteiger partial charge < -0.3 is 9.30 Å². The first-order valence-electron chi connectivity index (χ1n) is 8.33. The van der Waals surface area contributed by atoms with Crippen LogP contribution in [0.1, 0.15) is 16.7 Å². The minimum Gasteiger partial charge on any atom is -0.489 e. The van der Waals surface area contributed by atoms with Crippen LogP contribution >= 0.6 is 11.6 Å². The third-order valence-corrected chi connectivity index (χ3v) is 5.00. The molecule has 0 aliphatic carbocycles. The molecule has 1 aromatic heterocycles. The molecule has 1 aliphatic rings. The Labute approximate surface area is 151 Å². The quantitative estimate of drug-likeness (QED) is 0.645. The summed E-state index contributed by atoms with van der Waals surface area (Å²) in [7, 11) is 0. The number of benzene rings is 2. The summed E-state index contributed by atoms with van der Waals surface area (Å²) in [5.74, 6) is 0.845. The van der Waals surface area contributed by atoms with Crippen LogP contribution in [0.25, 0.3) is 11.3 Å². The van der Waals surface area contributed by atoms with Gasteiger partial charge >= 0.3 is 0 Å². The van der Waals surface area contributed by atoms with E-state index >= 15 is 0 Å². The van der Waals surface area contributed by atoms with Crippen LogP contribution < -0.4 is 10.2 Å². The maximum Gasteiger partial charge on any atom is 0.186 e. The van der Waals surface area contributed by atoms with Gasteiger partial charge in [0, 0.05) is 23.7 Å². The molecule has 3 nitrogen and oxygen atoms in total. The molecule has 4 rings (SSSR count). The molecule has 0 saturated heterocycles. The summed E-state index contributed by atoms with van der Waals surface area (Å²) in [6.07, 6.45) is 0.868. The van der Waals surface area contributed by atoms with Crippen molar-refractivity contribution in [1.29, 1.82) is 0 Å². The fraction of sp³-hybridized carbons (Fsp3) is 0.190. The van der Waals surface area contributed by atoms with Crippen molar-refractivity contribution in [3.63, 3.8) is 0 Å². The molecule has 0 saturated carbocycles. The van der Waals surface area contributed by atoms with Crippen molar-refractivity contribution in [3.8, 4) is 17.0 Å². The van der Waals surface area contributed by atoms with Crippen molar-refractivity contribution in [1.82, 2.24) is 4.57 Å². The zero-order valence-corrected chi connectivity index (χ0v) is 14.7. The molecule has 0 atom stereocenters. The van der Waals surface area contributed by atoms with Crippen LogP contribution in [0.3, 0.4) is 0 Å². The summed E-state index contributed by atoms with van der Waals surface area (Å²) in [4.78, 5) is 12.1. The highest BCUT2D eigenvalue weighted by molar-refractivity contribution is 6.29. The van der Waals surface area contributed by atoms with Gasteiger partial charge in [-0.2, -0.15) is 0 Å². The van der Waals surface area contributed by atoms with Crippen molar-refractivity contribution in [3.05, 3.63) is 86.7 Å². The van der Waals surface area contributed by atoms with E-state index in [1.807, 2.05) is 54.0 Å². The Balaban J connectivity index is 1.68. The van der Waals surface area contributed by atoms with Gasteiger partial charge in [-0.3, -0.25) is 4.79 Å². The molecular weight excluding hydrogens is 334 g/mol. The SMILES string of the molecule is Cc1c2n(c(Cl)cc1=O)CCc1cc(OCc3ccccc3)ccc1-2. The molecule has 4 heteroatoms. The number of hydrogen-bond donors (Lipinski definition) is 0. The summed E-state index contributed by atoms with van der Waals surface area (Å²) in [5, 5.41) is 0.501. The Bertz CT molecular complexity index is 993. The van der Waals surface area contributed by atoms with E-state index in [-0.39, 0.29) is 5.43 Å². The van der Waals surface area contributed by atoms with Crippen LogP contribution in [0, 0.1) is 6.92 Å². The molecule has 0 spiro atoms. The average molecular weight is 352 g/mol. The number of pyridine rings is 1. The highest BCUT2D eigenvalue weighted by Crippen LogP contribution is 2.35. The Morgan fingerprint density at radius 3 is 2.72 bits per heavy atom. The largest absolute Gasteiger partial charge is 0.489 e. The molecular formula is C21H18ClNO2. The van der Waals surface area contributed by atoms with Crippen LogP contribution in [-0.4, -0.2) is 4.57 Å². The van der Waals surface area contributed by atoms with E-state index in [1.165, 1.54) is 11.6 Å². The van der Waals surface area contributed by atoms with Gasteiger partial charge in [-0.05, 0) is 42.7 Å². The Morgan fingerprint density at radius 1 is 1.12 bits per heavy atom. The van der Waals surface area contributed by atoms with Crippen LogP contribution in [0.4, 0.5) is 0 Å². The van der Waals surface area contributed by atoms with Crippen molar-refractivity contribution in [2.45, 2.75) is 26.5 Å². The van der Waals surface area contributed by atoms with Gasteiger partial charge in [-0.25, -0.2) is 0 Å². The molecule has 2 aromatic carbocycles. The molecule has 3 aromatic rings. The number of hydrogen-bond acceptors (Lipinski definition) is 2. The first-order chi connectivity index (χ1) is 12.1. The summed E-state index contributed by atoms with van der Waals surface area (Å²) in [6, 6.07) is 17.7. The van der Waals surface area contributed by atoms with Gasteiger partial charge in [0.15, 0.2) is 5.43 Å². The fourth-order valence-electron chi connectivity index (χ4n) is 3.36. The number of nitrogens with zero attached hydrogens (tertiary/aromatic N) is 1. The maximum absolute atomic E-state index is 12.1. The van der Waals surface area contributed by atoms with Crippen LogP contribution in [0.2, 0.25) is 5.15 Å². The molecule has 126 valence electrons. The summed E-state index contributed by atoms with van der Waals surface area (Å²) in [5.41, 5.74) is 5.04. The second-order valence-electron chi connectivity index (χ2n) is 6.30. The fourth-order valence-corrected chi connectivity index (χ4v) is 3.63. The molecule has 1 aliphatic heterocycles. The first kappa shape index (κ1) is 16.0. The molecule has 0 N–H and O–H groups in total. The summed E-state index contributed by atoms with van der Waals surface area (Å²) in [6.45, 7) is 3.17. The molecule has 0 amide bonds. The van der Waals surface area contributed by atoms with E-state index in [2.05, 4.69) is 6.07 Å². The standard InChI is InChI=1S/C21H18ClNO2/c1-14-19(24)12-20(22)23-10-9-16-11-17(7-8-18(16)21(14)23)25-13-15-5-3-2-4-6-15/h2-8,11-12H,9-10,13H2,1H3. The normalized spacial score (nSPS) is 12.4. The Kier molecular flexibility index (Phi) is 4.10. The summed E-state index contributed by atoms with van der Waals surface area (Å²) >= 11 is 6.27. The van der Waals surface area contributed by atoms with E-state index in [4.69, 9.17) is 16.3 Å². The number of aryl methyl sites for hydroxylation is 1. The van der Waals surface area contributed by atoms with E-state index in [9.17, 15) is 4.79 Å². The zero-order valence-electron chi connectivity index (χ0n) is 14.0. The van der Waals surface area contributed by atoms with E-state index in [1.54, 1.807) is 0 Å². The minimum atomic E-state index is -0.0199.